The summed E-state index contributed by atoms with van der Waals surface area (Å²) < 4.78 is 5.46. The molecule has 1 saturated carbocycles. The third kappa shape index (κ3) is 1.86. The van der Waals surface area contributed by atoms with Crippen LogP contribution in [0, 0.1) is 5.92 Å². The van der Waals surface area contributed by atoms with E-state index in [2.05, 4.69) is 12.2 Å². The van der Waals surface area contributed by atoms with Gasteiger partial charge in [0.25, 0.3) is 0 Å². The van der Waals surface area contributed by atoms with Crippen LogP contribution < -0.4 is 5.32 Å². The van der Waals surface area contributed by atoms with Gasteiger partial charge in [0.15, 0.2) is 0 Å². The molecule has 14 heavy (non-hydrogen) atoms. The monoisotopic (exact) mass is 197 g/mol. The highest BCUT2D eigenvalue weighted by Crippen LogP contribution is 2.38. The molecule has 1 unspecified atom stereocenters. The van der Waals surface area contributed by atoms with Crippen molar-refractivity contribution in [3.8, 4) is 0 Å². The second kappa shape index (κ2) is 3.79. The van der Waals surface area contributed by atoms with Crippen LogP contribution in [0.4, 0.5) is 4.79 Å². The molecule has 0 aromatic carbocycles. The molecular formula is C11H19NO2. The van der Waals surface area contributed by atoms with Crippen LogP contribution in [0.2, 0.25) is 0 Å². The summed E-state index contributed by atoms with van der Waals surface area (Å²) in [6.07, 6.45) is 7.12. The van der Waals surface area contributed by atoms with Gasteiger partial charge in [0.2, 0.25) is 0 Å². The standard InChI is InChI=1S/C11H19NO2/c1-11(7-8-12-10(13)14-11)9-5-3-2-4-6-9/h9H,2-8H2,1H3,(H,12,13). The van der Waals surface area contributed by atoms with Crippen molar-refractivity contribution in [2.75, 3.05) is 6.54 Å². The lowest BCUT2D eigenvalue weighted by atomic mass is 9.76. The maximum Gasteiger partial charge on any atom is 0.407 e. The first-order chi connectivity index (χ1) is 6.71. The summed E-state index contributed by atoms with van der Waals surface area (Å²) in [6.45, 7) is 2.87. The van der Waals surface area contributed by atoms with Crippen molar-refractivity contribution in [2.45, 2.75) is 51.0 Å². The zero-order valence-electron chi connectivity index (χ0n) is 8.84. The zero-order valence-corrected chi connectivity index (χ0v) is 8.84. The van der Waals surface area contributed by atoms with E-state index in [0.29, 0.717) is 5.92 Å². The Morgan fingerprint density at radius 3 is 2.71 bits per heavy atom. The molecule has 2 fully saturated rings. The summed E-state index contributed by atoms with van der Waals surface area (Å²) in [4.78, 5) is 11.2. The first kappa shape index (κ1) is 9.81. The number of cyclic esters (lactones) is 1. The Morgan fingerprint density at radius 2 is 2.07 bits per heavy atom. The summed E-state index contributed by atoms with van der Waals surface area (Å²) in [7, 11) is 0. The fourth-order valence-corrected chi connectivity index (χ4v) is 2.71. The zero-order chi connectivity index (χ0) is 10.0. The lowest BCUT2D eigenvalue weighted by molar-refractivity contribution is -0.0525. The minimum Gasteiger partial charge on any atom is -0.443 e. The molecule has 1 atom stereocenters. The predicted octanol–water partition coefficient (Wildman–Crippen LogP) is 2.46. The van der Waals surface area contributed by atoms with E-state index in [4.69, 9.17) is 4.74 Å². The Kier molecular flexibility index (Phi) is 2.66. The van der Waals surface area contributed by atoms with Crippen molar-refractivity contribution in [3.05, 3.63) is 0 Å². The minimum atomic E-state index is -0.232. The van der Waals surface area contributed by atoms with E-state index >= 15 is 0 Å². The van der Waals surface area contributed by atoms with E-state index in [1.54, 1.807) is 0 Å². The topological polar surface area (TPSA) is 38.3 Å². The van der Waals surface area contributed by atoms with Gasteiger partial charge in [0.05, 0.1) is 0 Å². The lowest BCUT2D eigenvalue weighted by Gasteiger charge is -2.41. The first-order valence-electron chi connectivity index (χ1n) is 5.67. The molecular weight excluding hydrogens is 178 g/mol. The highest BCUT2D eigenvalue weighted by atomic mass is 16.6. The number of rotatable bonds is 1. The Labute approximate surface area is 85.2 Å². The van der Waals surface area contributed by atoms with Gasteiger partial charge in [-0.1, -0.05) is 19.3 Å². The largest absolute Gasteiger partial charge is 0.443 e. The van der Waals surface area contributed by atoms with Crippen LogP contribution in [-0.2, 0) is 4.74 Å². The molecule has 0 radical (unpaired) electrons. The molecule has 0 aromatic heterocycles. The van der Waals surface area contributed by atoms with Crippen LogP contribution in [0.15, 0.2) is 0 Å². The van der Waals surface area contributed by atoms with Crippen LogP contribution in [0.25, 0.3) is 0 Å². The first-order valence-corrected chi connectivity index (χ1v) is 5.67. The summed E-state index contributed by atoms with van der Waals surface area (Å²) in [5.74, 6) is 0.585. The van der Waals surface area contributed by atoms with Crippen LogP contribution in [-0.4, -0.2) is 18.2 Å². The van der Waals surface area contributed by atoms with Crippen LogP contribution >= 0.6 is 0 Å². The van der Waals surface area contributed by atoms with E-state index in [9.17, 15) is 4.79 Å². The molecule has 3 nitrogen and oxygen atoms in total. The molecule has 0 bridgehead atoms. The third-order valence-electron chi connectivity index (χ3n) is 3.69. The third-order valence-corrected chi connectivity index (χ3v) is 3.69. The molecule has 0 spiro atoms. The van der Waals surface area contributed by atoms with Gasteiger partial charge in [-0.15, -0.1) is 0 Å². The van der Waals surface area contributed by atoms with Gasteiger partial charge in [-0.05, 0) is 25.7 Å². The SMILES string of the molecule is CC1(C2CCCCC2)CCNC(=O)O1. The van der Waals surface area contributed by atoms with Crippen LogP contribution in [0.5, 0.6) is 0 Å². The van der Waals surface area contributed by atoms with Crippen molar-refractivity contribution in [2.24, 2.45) is 5.92 Å². The lowest BCUT2D eigenvalue weighted by Crippen LogP contribution is -2.50. The van der Waals surface area contributed by atoms with Crippen LogP contribution in [0.3, 0.4) is 0 Å². The summed E-state index contributed by atoms with van der Waals surface area (Å²) in [5.41, 5.74) is -0.192. The van der Waals surface area contributed by atoms with Crippen molar-refractivity contribution >= 4 is 6.09 Å². The fourth-order valence-electron chi connectivity index (χ4n) is 2.71. The van der Waals surface area contributed by atoms with Crippen LogP contribution in [0.1, 0.15) is 45.4 Å². The number of carbonyl (C=O) groups is 1. The van der Waals surface area contributed by atoms with Crippen molar-refractivity contribution < 1.29 is 9.53 Å². The number of alkyl carbamates (subject to hydrolysis) is 1. The average Bonchev–Trinajstić information content (AvgIpc) is 2.19. The quantitative estimate of drug-likeness (QED) is 0.701. The summed E-state index contributed by atoms with van der Waals surface area (Å²) in [5, 5.41) is 2.72. The van der Waals surface area contributed by atoms with Crippen molar-refractivity contribution in [1.29, 1.82) is 0 Å². The van der Waals surface area contributed by atoms with Gasteiger partial charge in [-0.25, -0.2) is 4.79 Å². The van der Waals surface area contributed by atoms with Gasteiger partial charge < -0.3 is 10.1 Å². The second-order valence-electron chi connectivity index (χ2n) is 4.71. The van der Waals surface area contributed by atoms with E-state index in [0.717, 1.165) is 13.0 Å². The van der Waals surface area contributed by atoms with Gasteiger partial charge in [0.1, 0.15) is 5.60 Å². The smallest absolute Gasteiger partial charge is 0.407 e. The number of hydrogen-bond acceptors (Lipinski definition) is 2. The molecule has 1 aliphatic carbocycles. The van der Waals surface area contributed by atoms with Gasteiger partial charge >= 0.3 is 6.09 Å². The Hall–Kier alpha value is -0.730. The minimum absolute atomic E-state index is 0.192. The van der Waals surface area contributed by atoms with E-state index in [1.807, 2.05) is 0 Å². The molecule has 0 aromatic rings. The molecule has 2 aliphatic rings. The number of ether oxygens (including phenoxy) is 1. The highest BCUT2D eigenvalue weighted by molar-refractivity contribution is 5.68. The van der Waals surface area contributed by atoms with E-state index in [1.165, 1.54) is 32.1 Å². The molecule has 1 heterocycles. The van der Waals surface area contributed by atoms with Gasteiger partial charge in [-0.3, -0.25) is 0 Å². The van der Waals surface area contributed by atoms with Crippen molar-refractivity contribution in [3.63, 3.8) is 0 Å². The molecule has 1 amide bonds. The maximum atomic E-state index is 11.2. The van der Waals surface area contributed by atoms with Gasteiger partial charge in [0, 0.05) is 13.0 Å². The molecule has 3 heteroatoms. The molecule has 2 rings (SSSR count). The normalized spacial score (nSPS) is 34.8. The molecule has 1 saturated heterocycles. The Balaban J connectivity index is 2.01. The fraction of sp³-hybridized carbons (Fsp3) is 0.909. The van der Waals surface area contributed by atoms with Crippen molar-refractivity contribution in [1.82, 2.24) is 5.32 Å². The Morgan fingerprint density at radius 1 is 1.36 bits per heavy atom. The van der Waals surface area contributed by atoms with E-state index in [-0.39, 0.29) is 11.7 Å². The van der Waals surface area contributed by atoms with E-state index < -0.39 is 0 Å². The molecule has 1 aliphatic heterocycles. The van der Waals surface area contributed by atoms with Gasteiger partial charge in [-0.2, -0.15) is 0 Å². The highest BCUT2D eigenvalue weighted by Gasteiger charge is 2.40. The number of carbonyl (C=O) groups excluding carboxylic acids is 1. The predicted molar refractivity (Wildman–Crippen MR) is 54.1 cm³/mol. The Bertz CT molecular complexity index is 223. The number of nitrogens with one attached hydrogen (secondary N) is 1. The average molecular weight is 197 g/mol. The summed E-state index contributed by atoms with van der Waals surface area (Å²) >= 11 is 0. The molecule has 80 valence electrons. The maximum absolute atomic E-state index is 11.2. The number of hydrogen-bond donors (Lipinski definition) is 1. The number of amides is 1. The molecule has 1 N–H and O–H groups in total. The second-order valence-corrected chi connectivity index (χ2v) is 4.71. The summed E-state index contributed by atoms with van der Waals surface area (Å²) in [6, 6.07) is 0.